The van der Waals surface area contributed by atoms with Crippen LogP contribution in [-0.2, 0) is 16.0 Å². The fourth-order valence-electron chi connectivity index (χ4n) is 2.15. The van der Waals surface area contributed by atoms with E-state index in [1.807, 2.05) is 52.0 Å². The summed E-state index contributed by atoms with van der Waals surface area (Å²) in [6.07, 6.45) is 0.241. The highest BCUT2D eigenvalue weighted by atomic mass is 16.5. The van der Waals surface area contributed by atoms with Crippen molar-refractivity contribution in [2.24, 2.45) is 5.92 Å². The van der Waals surface area contributed by atoms with Crippen LogP contribution in [0.25, 0.3) is 0 Å². The minimum Gasteiger partial charge on any atom is -0.491 e. The Labute approximate surface area is 131 Å². The number of carbonyl (C=O) groups excluding carboxylic acids is 1. The van der Waals surface area contributed by atoms with E-state index in [2.05, 4.69) is 0 Å². The predicted octanol–water partition coefficient (Wildman–Crippen LogP) is 2.59. The van der Waals surface area contributed by atoms with Crippen LogP contribution in [0.5, 0.6) is 5.75 Å². The molecular formula is C17H25NO4. The van der Waals surface area contributed by atoms with E-state index in [1.54, 1.807) is 0 Å². The lowest BCUT2D eigenvalue weighted by Gasteiger charge is -2.23. The highest BCUT2D eigenvalue weighted by Crippen LogP contribution is 2.16. The Hall–Kier alpha value is -2.04. The highest BCUT2D eigenvalue weighted by Gasteiger charge is 2.18. The number of ether oxygens (including phenoxy) is 1. The van der Waals surface area contributed by atoms with Crippen LogP contribution in [0.3, 0.4) is 0 Å². The summed E-state index contributed by atoms with van der Waals surface area (Å²) in [7, 11) is 0. The molecule has 1 N–H and O–H groups in total. The third-order valence-corrected chi connectivity index (χ3v) is 2.89. The standard InChI is InChI=1S/C17H25NO4/c1-12(2)10-18(11-17(20)21)16(19)9-14-6-5-7-15(8-14)22-13(3)4/h5-8,12-13H,9-11H2,1-4H3,(H,20,21). The molecular weight excluding hydrogens is 282 g/mol. The normalized spacial score (nSPS) is 10.8. The van der Waals surface area contributed by atoms with E-state index >= 15 is 0 Å². The number of carboxylic acid groups (broad SMARTS) is 1. The van der Waals surface area contributed by atoms with Crippen molar-refractivity contribution in [3.8, 4) is 5.75 Å². The minimum atomic E-state index is -0.995. The van der Waals surface area contributed by atoms with E-state index in [4.69, 9.17) is 9.84 Å². The molecule has 0 saturated carbocycles. The first-order chi connectivity index (χ1) is 10.3. The van der Waals surface area contributed by atoms with Gasteiger partial charge in [-0.05, 0) is 37.5 Å². The quantitative estimate of drug-likeness (QED) is 0.801. The van der Waals surface area contributed by atoms with Crippen molar-refractivity contribution in [1.82, 2.24) is 4.90 Å². The SMILES string of the molecule is CC(C)CN(CC(=O)O)C(=O)Cc1cccc(OC(C)C)c1. The summed E-state index contributed by atoms with van der Waals surface area (Å²) in [6, 6.07) is 7.35. The highest BCUT2D eigenvalue weighted by molar-refractivity contribution is 5.83. The molecule has 1 aromatic rings. The van der Waals surface area contributed by atoms with E-state index in [0.29, 0.717) is 12.3 Å². The average molecular weight is 307 g/mol. The van der Waals surface area contributed by atoms with Gasteiger partial charge in [0, 0.05) is 6.54 Å². The average Bonchev–Trinajstić information content (AvgIpc) is 2.36. The van der Waals surface area contributed by atoms with Crippen molar-refractivity contribution >= 4 is 11.9 Å². The molecule has 0 fully saturated rings. The summed E-state index contributed by atoms with van der Waals surface area (Å²) in [5.41, 5.74) is 0.822. The lowest BCUT2D eigenvalue weighted by molar-refractivity contribution is -0.144. The van der Waals surface area contributed by atoms with Gasteiger partial charge in [0.25, 0.3) is 0 Å². The zero-order valence-corrected chi connectivity index (χ0v) is 13.7. The van der Waals surface area contributed by atoms with Crippen LogP contribution in [0.2, 0.25) is 0 Å². The van der Waals surface area contributed by atoms with Crippen molar-refractivity contribution in [3.63, 3.8) is 0 Å². The molecule has 1 rings (SSSR count). The number of amides is 1. The molecule has 0 aliphatic heterocycles. The maximum atomic E-state index is 12.3. The molecule has 0 spiro atoms. The van der Waals surface area contributed by atoms with Crippen LogP contribution >= 0.6 is 0 Å². The number of benzene rings is 1. The summed E-state index contributed by atoms with van der Waals surface area (Å²) >= 11 is 0. The van der Waals surface area contributed by atoms with E-state index in [0.717, 1.165) is 5.56 Å². The van der Waals surface area contributed by atoms with E-state index < -0.39 is 5.97 Å². The summed E-state index contributed by atoms with van der Waals surface area (Å²) in [5, 5.41) is 8.94. The van der Waals surface area contributed by atoms with Crippen LogP contribution in [0.1, 0.15) is 33.3 Å². The number of hydrogen-bond donors (Lipinski definition) is 1. The molecule has 5 heteroatoms. The molecule has 0 heterocycles. The number of carboxylic acids is 1. The van der Waals surface area contributed by atoms with Crippen molar-refractivity contribution in [2.45, 2.75) is 40.2 Å². The van der Waals surface area contributed by atoms with Gasteiger partial charge in [-0.15, -0.1) is 0 Å². The second-order valence-corrected chi connectivity index (χ2v) is 6.05. The van der Waals surface area contributed by atoms with E-state index in [1.165, 1.54) is 4.90 Å². The number of nitrogens with zero attached hydrogens (tertiary/aromatic N) is 1. The van der Waals surface area contributed by atoms with Crippen LogP contribution in [0, 0.1) is 5.92 Å². The lowest BCUT2D eigenvalue weighted by Crippen LogP contribution is -2.39. The Morgan fingerprint density at radius 3 is 2.45 bits per heavy atom. The second-order valence-electron chi connectivity index (χ2n) is 6.05. The molecule has 0 radical (unpaired) electrons. The summed E-state index contributed by atoms with van der Waals surface area (Å²) < 4.78 is 5.61. The Bertz CT molecular complexity index is 511. The zero-order valence-electron chi connectivity index (χ0n) is 13.7. The molecule has 5 nitrogen and oxygen atoms in total. The molecule has 0 aliphatic rings. The molecule has 22 heavy (non-hydrogen) atoms. The van der Waals surface area contributed by atoms with Gasteiger partial charge >= 0.3 is 5.97 Å². The molecule has 0 atom stereocenters. The fourth-order valence-corrected chi connectivity index (χ4v) is 2.15. The minimum absolute atomic E-state index is 0.0652. The van der Waals surface area contributed by atoms with Gasteiger partial charge in [0.2, 0.25) is 5.91 Å². The zero-order chi connectivity index (χ0) is 16.7. The first-order valence-corrected chi connectivity index (χ1v) is 7.53. The van der Waals surface area contributed by atoms with Crippen molar-refractivity contribution in [3.05, 3.63) is 29.8 Å². The predicted molar refractivity (Wildman–Crippen MR) is 85.0 cm³/mol. The van der Waals surface area contributed by atoms with Gasteiger partial charge < -0.3 is 14.7 Å². The van der Waals surface area contributed by atoms with Gasteiger partial charge in [-0.1, -0.05) is 26.0 Å². The third-order valence-electron chi connectivity index (χ3n) is 2.89. The topological polar surface area (TPSA) is 66.8 Å². The van der Waals surface area contributed by atoms with Crippen LogP contribution in [0.4, 0.5) is 0 Å². The first kappa shape index (κ1) is 18.0. The molecule has 0 bridgehead atoms. The number of aliphatic carboxylic acids is 1. The molecule has 0 aliphatic carbocycles. The largest absolute Gasteiger partial charge is 0.491 e. The monoisotopic (exact) mass is 307 g/mol. The maximum Gasteiger partial charge on any atom is 0.323 e. The van der Waals surface area contributed by atoms with Crippen molar-refractivity contribution in [1.29, 1.82) is 0 Å². The fraction of sp³-hybridized carbons (Fsp3) is 0.529. The smallest absolute Gasteiger partial charge is 0.323 e. The van der Waals surface area contributed by atoms with Crippen LogP contribution < -0.4 is 4.74 Å². The third kappa shape index (κ3) is 6.61. The Balaban J connectivity index is 2.77. The van der Waals surface area contributed by atoms with Gasteiger partial charge in [-0.25, -0.2) is 0 Å². The molecule has 0 saturated heterocycles. The lowest BCUT2D eigenvalue weighted by atomic mass is 10.1. The molecule has 0 unspecified atom stereocenters. The van der Waals surface area contributed by atoms with Crippen LogP contribution in [-0.4, -0.2) is 41.1 Å². The molecule has 0 aromatic heterocycles. The number of rotatable bonds is 8. The molecule has 1 aromatic carbocycles. The Morgan fingerprint density at radius 2 is 1.91 bits per heavy atom. The molecule has 122 valence electrons. The van der Waals surface area contributed by atoms with E-state index in [-0.39, 0.29) is 30.9 Å². The second kappa shape index (κ2) is 8.41. The maximum absolute atomic E-state index is 12.3. The number of hydrogen-bond acceptors (Lipinski definition) is 3. The van der Waals surface area contributed by atoms with Crippen LogP contribution in [0.15, 0.2) is 24.3 Å². The Morgan fingerprint density at radius 1 is 1.23 bits per heavy atom. The van der Waals surface area contributed by atoms with Gasteiger partial charge in [0.1, 0.15) is 12.3 Å². The van der Waals surface area contributed by atoms with Gasteiger partial charge in [-0.3, -0.25) is 9.59 Å². The van der Waals surface area contributed by atoms with Gasteiger partial charge in [0.05, 0.1) is 12.5 Å². The first-order valence-electron chi connectivity index (χ1n) is 7.53. The van der Waals surface area contributed by atoms with Crippen molar-refractivity contribution in [2.75, 3.05) is 13.1 Å². The summed E-state index contributed by atoms with van der Waals surface area (Å²) in [5.74, 6) is -0.239. The Kier molecular flexibility index (Phi) is 6.89. The van der Waals surface area contributed by atoms with Gasteiger partial charge in [0.15, 0.2) is 0 Å². The van der Waals surface area contributed by atoms with Crippen molar-refractivity contribution < 1.29 is 19.4 Å². The summed E-state index contributed by atoms with van der Waals surface area (Å²) in [6.45, 7) is 7.97. The molecule has 1 amide bonds. The van der Waals surface area contributed by atoms with Gasteiger partial charge in [-0.2, -0.15) is 0 Å². The van der Waals surface area contributed by atoms with E-state index in [9.17, 15) is 9.59 Å². The summed E-state index contributed by atoms with van der Waals surface area (Å²) in [4.78, 5) is 24.6. The number of carbonyl (C=O) groups is 2.